The molecule has 0 unspecified atom stereocenters. The topological polar surface area (TPSA) is 199 Å². The molecule has 4 aromatic carbocycles. The number of carbonyl (C=O) groups is 3. The van der Waals surface area contributed by atoms with E-state index in [-0.39, 0.29) is 16.9 Å². The zero-order chi connectivity index (χ0) is 44.4. The lowest BCUT2D eigenvalue weighted by Crippen LogP contribution is -2.34. The number of rotatable bonds is 7. The Balaban J connectivity index is 0.000000146. The number of Topliss-reactive ketones (excluding diaryl/α,β-unsaturated/α-hetero) is 1. The number of fused-ring (bicyclic) bond motifs is 4. The Morgan fingerprint density at radius 3 is 1.48 bits per heavy atom. The third kappa shape index (κ3) is 9.09. The van der Waals surface area contributed by atoms with Crippen LogP contribution in [0.3, 0.4) is 0 Å². The van der Waals surface area contributed by atoms with Gasteiger partial charge in [-0.25, -0.2) is 9.59 Å². The summed E-state index contributed by atoms with van der Waals surface area (Å²) in [6, 6.07) is 20.0. The molecule has 4 N–H and O–H groups in total. The van der Waals surface area contributed by atoms with E-state index in [9.17, 15) is 24.0 Å². The van der Waals surface area contributed by atoms with Crippen molar-refractivity contribution in [2.24, 2.45) is 0 Å². The molecule has 320 valence electrons. The van der Waals surface area contributed by atoms with Gasteiger partial charge in [0.25, 0.3) is 0 Å². The van der Waals surface area contributed by atoms with Crippen LogP contribution in [0.15, 0.2) is 97.3 Å². The minimum Gasteiger partial charge on any atom is -0.423 e. The number of hydrogen-bond donors (Lipinski definition) is 4. The summed E-state index contributed by atoms with van der Waals surface area (Å²) in [7, 11) is -3.00. The maximum atomic E-state index is 12.7. The zero-order valence-electron chi connectivity index (χ0n) is 34.8. The lowest BCUT2D eigenvalue weighted by atomic mass is 9.80. The third-order valence-corrected chi connectivity index (χ3v) is 12.1. The van der Waals surface area contributed by atoms with E-state index in [1.807, 2.05) is 0 Å². The van der Waals surface area contributed by atoms with E-state index in [2.05, 4.69) is 21.9 Å². The molecule has 0 saturated heterocycles. The van der Waals surface area contributed by atoms with Crippen LogP contribution in [0.25, 0.3) is 28.0 Å². The molecular weight excluding hydrogens is 802 g/mol. The van der Waals surface area contributed by atoms with Gasteiger partial charge in [-0.1, -0.05) is 54.6 Å². The van der Waals surface area contributed by atoms with Gasteiger partial charge in [0.1, 0.15) is 28.6 Å². The van der Waals surface area contributed by atoms with Gasteiger partial charge in [-0.05, 0) is 116 Å². The minimum absolute atomic E-state index is 0.0155. The molecule has 0 aliphatic carbocycles. The third-order valence-electron chi connectivity index (χ3n) is 12.1. The number of anilines is 2. The molecule has 10 rings (SSSR count). The van der Waals surface area contributed by atoms with Gasteiger partial charge >= 0.3 is 25.5 Å². The summed E-state index contributed by atoms with van der Waals surface area (Å²) in [6.07, 6.45) is 11.9. The maximum absolute atomic E-state index is 12.7. The van der Waals surface area contributed by atoms with Crippen molar-refractivity contribution in [2.75, 3.05) is 36.0 Å². The van der Waals surface area contributed by atoms with Crippen molar-refractivity contribution < 1.29 is 43.3 Å². The predicted octanol–water partition coefficient (Wildman–Crippen LogP) is 3.94. The van der Waals surface area contributed by atoms with Crippen LogP contribution < -0.4 is 32.0 Å². The summed E-state index contributed by atoms with van der Waals surface area (Å²) in [5.74, 6) is -0.659. The van der Waals surface area contributed by atoms with Gasteiger partial charge in [0.15, 0.2) is 11.6 Å². The highest BCUT2D eigenvalue weighted by atomic mass is 16.4. The number of carbonyl (C=O) groups excluding carboxylic acids is 3. The zero-order valence-corrected chi connectivity index (χ0v) is 34.8. The molecule has 4 aliphatic rings. The highest BCUT2D eigenvalue weighted by Gasteiger charge is 2.29. The molecular formula is C48H46B2N2O11. The normalized spacial score (nSPS) is 14.8. The van der Waals surface area contributed by atoms with Crippen molar-refractivity contribution in [3.63, 3.8) is 0 Å². The molecule has 15 heteroatoms. The first kappa shape index (κ1) is 43.3. The van der Waals surface area contributed by atoms with E-state index in [4.69, 9.17) is 28.9 Å². The Labute approximate surface area is 363 Å². The van der Waals surface area contributed by atoms with Crippen molar-refractivity contribution in [3.05, 3.63) is 144 Å². The van der Waals surface area contributed by atoms with Crippen molar-refractivity contribution >= 4 is 82.4 Å². The van der Waals surface area contributed by atoms with E-state index in [1.165, 1.54) is 59.8 Å². The number of nitrogens with zero attached hydrogens (tertiary/aromatic N) is 2. The Hall–Kier alpha value is -6.38. The van der Waals surface area contributed by atoms with E-state index >= 15 is 0 Å². The van der Waals surface area contributed by atoms with Crippen molar-refractivity contribution in [1.82, 2.24) is 0 Å². The Bertz CT molecular complexity index is 2880. The molecule has 6 heterocycles. The van der Waals surface area contributed by atoms with Crippen molar-refractivity contribution in [3.8, 4) is 0 Å². The summed E-state index contributed by atoms with van der Waals surface area (Å²) >= 11 is 0. The molecule has 2 aromatic heterocycles. The molecule has 0 bridgehead atoms. The number of allylic oxidation sites excluding steroid dienone is 1. The van der Waals surface area contributed by atoms with Crippen LogP contribution in [0.1, 0.15) is 91.5 Å². The average Bonchev–Trinajstić information content (AvgIpc) is 3.29. The number of hydrogen-bond acceptors (Lipinski definition) is 13. The molecule has 0 amide bonds. The van der Waals surface area contributed by atoms with E-state index in [0.717, 1.165) is 99.4 Å². The van der Waals surface area contributed by atoms with Crippen LogP contribution in [0.5, 0.6) is 0 Å². The van der Waals surface area contributed by atoms with Crippen LogP contribution in [-0.4, -0.2) is 78.4 Å². The number of ketones is 2. The first-order valence-electron chi connectivity index (χ1n) is 21.3. The predicted molar refractivity (Wildman–Crippen MR) is 244 cm³/mol. The first-order valence-corrected chi connectivity index (χ1v) is 21.3. The smallest absolute Gasteiger partial charge is 0.423 e. The monoisotopic (exact) mass is 848 g/mol. The fraction of sp³-hybridized carbons (Fsp3) is 0.271. The maximum Gasteiger partial charge on any atom is 0.488 e. The van der Waals surface area contributed by atoms with Gasteiger partial charge < -0.3 is 38.7 Å². The van der Waals surface area contributed by atoms with Crippen molar-refractivity contribution in [1.29, 1.82) is 0 Å². The van der Waals surface area contributed by atoms with E-state index in [0.29, 0.717) is 39.5 Å². The van der Waals surface area contributed by atoms with Crippen LogP contribution in [-0.2, 0) is 25.7 Å². The second-order valence-corrected chi connectivity index (χ2v) is 16.3. The molecule has 13 nitrogen and oxygen atoms in total. The van der Waals surface area contributed by atoms with Crippen LogP contribution in [0.4, 0.5) is 11.4 Å². The van der Waals surface area contributed by atoms with Crippen LogP contribution in [0, 0.1) is 0 Å². The largest absolute Gasteiger partial charge is 0.488 e. The standard InChI is InChI=1S/C24H22BNO5.C17H17NO3.C7H7BO3/c27-21(10-7-15-5-8-18(9-6-15)25(29)30)20-14-17-13-16-3-1-11-26-12-2-4-19(22(16)26)23(17)31-24(20)28;1-10(19)14-9-12-8-11-4-2-6-18-7-3-5-13(15(11)18)16(12)21-17(14)20;9-5-6-1-3-7(4-2-6)8(10)11/h5-10,13-14,29-30H,1-4,11-12H2;8-9H,2-7H2,1H3;1-5,10-11H/b10-7+;;. The van der Waals surface area contributed by atoms with Crippen molar-refractivity contribution in [2.45, 2.75) is 58.3 Å². The molecule has 0 atom stereocenters. The number of benzene rings is 4. The summed E-state index contributed by atoms with van der Waals surface area (Å²) in [6.45, 7) is 5.65. The van der Waals surface area contributed by atoms with E-state index in [1.54, 1.807) is 42.5 Å². The van der Waals surface area contributed by atoms with Gasteiger partial charge in [0, 0.05) is 65.0 Å². The van der Waals surface area contributed by atoms with Gasteiger partial charge in [-0.15, -0.1) is 0 Å². The molecule has 0 saturated carbocycles. The van der Waals surface area contributed by atoms with Crippen LogP contribution >= 0.6 is 0 Å². The lowest BCUT2D eigenvalue weighted by molar-refractivity contribution is 0.101. The number of aryl methyl sites for hydroxylation is 4. The SMILES string of the molecule is CC(=O)c1cc2cc3c4c(c2oc1=O)CCCN4CCC3.O=C(/C=C/c1ccc(B(O)O)cc1)c1cc2cc3c4c(c2oc1=O)CCCN4CCC3.O=Cc1ccc(B(O)O)cc1. The number of aldehydes is 1. The Morgan fingerprint density at radius 2 is 1.03 bits per heavy atom. The molecule has 0 spiro atoms. The van der Waals surface area contributed by atoms with Gasteiger partial charge in [0.2, 0.25) is 0 Å². The fourth-order valence-corrected chi connectivity index (χ4v) is 9.10. The summed E-state index contributed by atoms with van der Waals surface area (Å²) in [4.78, 5) is 63.9. The molecule has 6 aromatic rings. The molecule has 63 heavy (non-hydrogen) atoms. The lowest BCUT2D eigenvalue weighted by Gasteiger charge is -2.37. The quantitative estimate of drug-likeness (QED) is 0.0593. The highest BCUT2D eigenvalue weighted by Crippen LogP contribution is 2.41. The van der Waals surface area contributed by atoms with Crippen LogP contribution in [0.2, 0.25) is 0 Å². The molecule has 4 aliphatic heterocycles. The summed E-state index contributed by atoms with van der Waals surface area (Å²) < 4.78 is 11.2. The first-order chi connectivity index (χ1) is 30.4. The second kappa shape index (κ2) is 18.5. The Kier molecular flexibility index (Phi) is 12.7. The second-order valence-electron chi connectivity index (χ2n) is 16.3. The van der Waals surface area contributed by atoms with Gasteiger partial charge in [-0.2, -0.15) is 0 Å². The average molecular weight is 849 g/mol. The summed E-state index contributed by atoms with van der Waals surface area (Å²) in [5, 5.41) is 37.3. The van der Waals surface area contributed by atoms with Gasteiger partial charge in [0.05, 0.1) is 0 Å². The minimum atomic E-state index is -1.54. The highest BCUT2D eigenvalue weighted by molar-refractivity contribution is 6.59. The van der Waals surface area contributed by atoms with Gasteiger partial charge in [-0.3, -0.25) is 14.4 Å². The fourth-order valence-electron chi connectivity index (χ4n) is 9.10. The Morgan fingerprint density at radius 1 is 0.603 bits per heavy atom. The molecule has 0 radical (unpaired) electrons. The van der Waals surface area contributed by atoms with E-state index < -0.39 is 31.3 Å². The summed E-state index contributed by atoms with van der Waals surface area (Å²) in [5.41, 5.74) is 9.64. The molecule has 0 fully saturated rings.